The van der Waals surface area contributed by atoms with Crippen LogP contribution in [0, 0.1) is 0 Å². The summed E-state index contributed by atoms with van der Waals surface area (Å²) in [5.74, 6) is 0.978. The van der Waals surface area contributed by atoms with Gasteiger partial charge in [-0.2, -0.15) is 5.10 Å². The van der Waals surface area contributed by atoms with Crippen LogP contribution in [0.5, 0.6) is 0 Å². The highest BCUT2D eigenvalue weighted by molar-refractivity contribution is 9.10. The van der Waals surface area contributed by atoms with Crippen LogP contribution < -0.4 is 0 Å². The van der Waals surface area contributed by atoms with Crippen LogP contribution in [-0.2, 0) is 11.3 Å². The minimum atomic E-state index is -0.0384. The highest BCUT2D eigenvalue weighted by Gasteiger charge is 2.18. The van der Waals surface area contributed by atoms with Gasteiger partial charge in [-0.25, -0.2) is 0 Å². The lowest BCUT2D eigenvalue weighted by molar-refractivity contribution is 0.102. The van der Waals surface area contributed by atoms with Crippen molar-refractivity contribution < 1.29 is 9.53 Å². The average Bonchev–Trinajstić information content (AvgIpc) is 2.86. The number of rotatable bonds is 7. The van der Waals surface area contributed by atoms with Crippen LogP contribution in [0.1, 0.15) is 23.0 Å². The molecule has 0 bridgehead atoms. The van der Waals surface area contributed by atoms with Gasteiger partial charge in [-0.05, 0) is 45.9 Å². The number of ether oxygens (including phenoxy) is 1. The first kappa shape index (κ1) is 16.3. The van der Waals surface area contributed by atoms with E-state index >= 15 is 0 Å². The molecule has 0 spiro atoms. The number of thioether (sulfide) groups is 1. The monoisotopic (exact) mass is 368 g/mol. The minimum absolute atomic E-state index is 0.0384. The van der Waals surface area contributed by atoms with E-state index in [1.807, 2.05) is 24.3 Å². The van der Waals surface area contributed by atoms with Crippen LogP contribution in [0.15, 0.2) is 39.8 Å². The lowest BCUT2D eigenvalue weighted by Crippen LogP contribution is -2.14. The Hall–Kier alpha value is -1.11. The Balaban J connectivity index is 2.24. The second-order valence-corrected chi connectivity index (χ2v) is 6.54. The summed E-state index contributed by atoms with van der Waals surface area (Å²) < 4.78 is 7.42. The first-order valence-electron chi connectivity index (χ1n) is 6.65. The van der Waals surface area contributed by atoms with Gasteiger partial charge in [0.05, 0.1) is 23.8 Å². The number of methoxy groups -OCH3 is 1. The molecule has 0 aliphatic heterocycles. The van der Waals surface area contributed by atoms with Crippen molar-refractivity contribution in [1.29, 1.82) is 0 Å². The van der Waals surface area contributed by atoms with Crippen molar-refractivity contribution in [1.82, 2.24) is 9.78 Å². The van der Waals surface area contributed by atoms with E-state index in [4.69, 9.17) is 4.74 Å². The van der Waals surface area contributed by atoms with Crippen molar-refractivity contribution in [3.63, 3.8) is 0 Å². The average molecular weight is 369 g/mol. The highest BCUT2D eigenvalue weighted by Crippen LogP contribution is 2.22. The van der Waals surface area contributed by atoms with Gasteiger partial charge in [-0.3, -0.25) is 9.48 Å². The zero-order chi connectivity index (χ0) is 15.2. The molecule has 1 aromatic carbocycles. The Labute approximate surface area is 137 Å². The molecule has 0 atom stereocenters. The van der Waals surface area contributed by atoms with Crippen LogP contribution in [0.4, 0.5) is 0 Å². The van der Waals surface area contributed by atoms with Crippen LogP contribution in [0.2, 0.25) is 0 Å². The van der Waals surface area contributed by atoms with Crippen molar-refractivity contribution in [3.05, 3.63) is 46.2 Å². The fourth-order valence-electron chi connectivity index (χ4n) is 1.94. The fraction of sp³-hybridized carbons (Fsp3) is 0.333. The largest absolute Gasteiger partial charge is 0.383 e. The quantitative estimate of drug-likeness (QED) is 0.552. The Kier molecular flexibility index (Phi) is 6.02. The molecule has 0 aliphatic carbocycles. The number of carbonyl (C=O) groups is 1. The van der Waals surface area contributed by atoms with Gasteiger partial charge in [0.2, 0.25) is 5.78 Å². The Morgan fingerprint density at radius 3 is 2.71 bits per heavy atom. The third-order valence-electron chi connectivity index (χ3n) is 2.94. The number of ketones is 1. The summed E-state index contributed by atoms with van der Waals surface area (Å²) in [4.78, 5) is 13.8. The molecule has 0 saturated carbocycles. The molecule has 2 aromatic rings. The molecule has 0 aliphatic rings. The molecule has 0 saturated heterocycles. The Bertz CT molecular complexity index is 611. The maximum absolute atomic E-state index is 12.6. The summed E-state index contributed by atoms with van der Waals surface area (Å²) in [6, 6.07) is 7.68. The number of halogens is 1. The van der Waals surface area contributed by atoms with Crippen LogP contribution in [0.3, 0.4) is 0 Å². The third-order valence-corrected chi connectivity index (χ3v) is 4.42. The number of aromatic nitrogens is 2. The maximum atomic E-state index is 12.6. The summed E-state index contributed by atoms with van der Waals surface area (Å²) >= 11 is 5.15. The van der Waals surface area contributed by atoms with Crippen molar-refractivity contribution in [2.45, 2.75) is 18.4 Å². The fourth-order valence-corrected chi connectivity index (χ4v) is 3.08. The van der Waals surface area contributed by atoms with E-state index in [0.717, 1.165) is 5.75 Å². The zero-order valence-electron chi connectivity index (χ0n) is 12.0. The van der Waals surface area contributed by atoms with E-state index < -0.39 is 0 Å². The van der Waals surface area contributed by atoms with E-state index in [9.17, 15) is 4.79 Å². The number of hydrogen-bond acceptors (Lipinski definition) is 4. The smallest absolute Gasteiger partial charge is 0.212 e. The summed E-state index contributed by atoms with van der Waals surface area (Å²) in [5.41, 5.74) is 1.22. The van der Waals surface area contributed by atoms with E-state index in [0.29, 0.717) is 28.9 Å². The van der Waals surface area contributed by atoms with E-state index in [1.165, 1.54) is 4.90 Å². The van der Waals surface area contributed by atoms with Gasteiger partial charge in [0.25, 0.3) is 0 Å². The predicted octanol–water partition coefficient (Wildman–Crippen LogP) is 3.64. The molecular formula is C15H17BrN2O2S. The van der Waals surface area contributed by atoms with Gasteiger partial charge >= 0.3 is 0 Å². The standard InChI is InChI=1S/C15H17BrN2O2S/c1-3-21-12-6-4-11(5-7-12)15(19)14-13(16)10-17-18(14)8-9-20-2/h4-7,10H,3,8-9H2,1-2H3. The van der Waals surface area contributed by atoms with Crippen LogP contribution >= 0.6 is 27.7 Å². The number of hydrogen-bond donors (Lipinski definition) is 0. The van der Waals surface area contributed by atoms with E-state index in [1.54, 1.807) is 29.8 Å². The van der Waals surface area contributed by atoms with Gasteiger partial charge < -0.3 is 4.74 Å². The molecule has 112 valence electrons. The normalized spacial score (nSPS) is 10.8. The summed E-state index contributed by atoms with van der Waals surface area (Å²) in [5, 5.41) is 4.21. The summed E-state index contributed by atoms with van der Waals surface area (Å²) in [6.45, 7) is 3.17. The lowest BCUT2D eigenvalue weighted by atomic mass is 10.1. The van der Waals surface area contributed by atoms with Crippen molar-refractivity contribution in [3.8, 4) is 0 Å². The van der Waals surface area contributed by atoms with Gasteiger partial charge in [0.15, 0.2) is 0 Å². The molecule has 6 heteroatoms. The first-order chi connectivity index (χ1) is 10.2. The molecule has 21 heavy (non-hydrogen) atoms. The van der Waals surface area contributed by atoms with Gasteiger partial charge in [-0.15, -0.1) is 11.8 Å². The summed E-state index contributed by atoms with van der Waals surface area (Å²) in [6.07, 6.45) is 1.64. The van der Waals surface area contributed by atoms with Crippen LogP contribution in [-0.4, -0.2) is 35.0 Å². The molecule has 2 rings (SSSR count). The molecule has 0 amide bonds. The molecule has 1 heterocycles. The second-order valence-electron chi connectivity index (χ2n) is 4.34. The van der Waals surface area contributed by atoms with Crippen LogP contribution in [0.25, 0.3) is 0 Å². The zero-order valence-corrected chi connectivity index (χ0v) is 14.4. The molecule has 0 unspecified atom stereocenters. The lowest BCUT2D eigenvalue weighted by Gasteiger charge is -2.07. The van der Waals surface area contributed by atoms with Gasteiger partial charge in [-0.1, -0.05) is 6.92 Å². The van der Waals surface area contributed by atoms with Gasteiger partial charge in [0, 0.05) is 17.6 Å². The predicted molar refractivity (Wildman–Crippen MR) is 88.1 cm³/mol. The maximum Gasteiger partial charge on any atom is 0.212 e. The minimum Gasteiger partial charge on any atom is -0.383 e. The first-order valence-corrected chi connectivity index (χ1v) is 8.43. The SMILES string of the molecule is CCSc1ccc(C(=O)c2c(Br)cnn2CCOC)cc1. The van der Waals surface area contributed by atoms with Crippen molar-refractivity contribution in [2.24, 2.45) is 0 Å². The summed E-state index contributed by atoms with van der Waals surface area (Å²) in [7, 11) is 1.63. The number of carbonyl (C=O) groups excluding carboxylic acids is 1. The topological polar surface area (TPSA) is 44.1 Å². The molecule has 1 aromatic heterocycles. The molecule has 0 radical (unpaired) electrons. The molecule has 4 nitrogen and oxygen atoms in total. The number of nitrogens with zero attached hydrogens (tertiary/aromatic N) is 2. The molecular weight excluding hydrogens is 352 g/mol. The highest BCUT2D eigenvalue weighted by atomic mass is 79.9. The number of benzene rings is 1. The Morgan fingerprint density at radius 2 is 2.10 bits per heavy atom. The van der Waals surface area contributed by atoms with Crippen molar-refractivity contribution in [2.75, 3.05) is 19.5 Å². The van der Waals surface area contributed by atoms with E-state index in [-0.39, 0.29) is 5.78 Å². The van der Waals surface area contributed by atoms with Crippen molar-refractivity contribution >= 4 is 33.5 Å². The van der Waals surface area contributed by atoms with E-state index in [2.05, 4.69) is 28.0 Å². The molecule has 0 fully saturated rings. The second kappa shape index (κ2) is 7.77. The Morgan fingerprint density at radius 1 is 1.38 bits per heavy atom. The third kappa shape index (κ3) is 3.96. The van der Waals surface area contributed by atoms with Gasteiger partial charge in [0.1, 0.15) is 5.69 Å². The molecule has 0 N–H and O–H groups in total.